The molecule has 0 bridgehead atoms. The van der Waals surface area contributed by atoms with Gasteiger partial charge in [0.25, 0.3) is 5.69 Å². The van der Waals surface area contributed by atoms with Crippen molar-refractivity contribution in [3.8, 4) is 0 Å². The van der Waals surface area contributed by atoms with E-state index in [0.717, 1.165) is 0 Å². The number of benzene rings is 1. The molecule has 0 unspecified atom stereocenters. The summed E-state index contributed by atoms with van der Waals surface area (Å²) in [6.45, 7) is 1.09. The fourth-order valence-electron chi connectivity index (χ4n) is 3.23. The first-order valence-electron chi connectivity index (χ1n) is 8.83. The molecule has 1 aliphatic heterocycles. The predicted octanol–water partition coefficient (Wildman–Crippen LogP) is 2.63. The number of carbonyl (C=O) groups is 2. The molecule has 1 fully saturated rings. The van der Waals surface area contributed by atoms with Gasteiger partial charge in [0.1, 0.15) is 5.82 Å². The summed E-state index contributed by atoms with van der Waals surface area (Å²) in [5.74, 6) is -0.375. The van der Waals surface area contributed by atoms with Crippen LogP contribution < -0.4 is 10.2 Å². The lowest BCUT2D eigenvalue weighted by atomic mass is 9.95. The second-order valence-electron chi connectivity index (χ2n) is 6.42. The molecule has 1 aromatic carbocycles. The van der Waals surface area contributed by atoms with E-state index in [4.69, 9.17) is 4.74 Å². The summed E-state index contributed by atoms with van der Waals surface area (Å²) in [7, 11) is 1.24. The average molecular weight is 384 g/mol. The van der Waals surface area contributed by atoms with Crippen LogP contribution >= 0.6 is 0 Å². The average Bonchev–Trinajstić information content (AvgIpc) is 2.73. The Morgan fingerprint density at radius 2 is 2.00 bits per heavy atom. The van der Waals surface area contributed by atoms with Crippen molar-refractivity contribution in [3.05, 3.63) is 58.3 Å². The molecule has 2 aromatic rings. The largest absolute Gasteiger partial charge is 0.465 e. The van der Waals surface area contributed by atoms with Crippen molar-refractivity contribution in [3.63, 3.8) is 0 Å². The number of rotatable bonds is 5. The van der Waals surface area contributed by atoms with Gasteiger partial charge in [-0.2, -0.15) is 0 Å². The van der Waals surface area contributed by atoms with Crippen LogP contribution in [0.15, 0.2) is 42.6 Å². The molecule has 146 valence electrons. The molecular weight excluding hydrogens is 364 g/mol. The van der Waals surface area contributed by atoms with Crippen molar-refractivity contribution in [2.45, 2.75) is 12.8 Å². The first-order valence-corrected chi connectivity index (χ1v) is 8.83. The first-order chi connectivity index (χ1) is 13.5. The first kappa shape index (κ1) is 19.3. The number of esters is 1. The van der Waals surface area contributed by atoms with Crippen molar-refractivity contribution in [2.75, 3.05) is 30.4 Å². The van der Waals surface area contributed by atoms with Crippen LogP contribution in [-0.2, 0) is 9.53 Å². The number of carbonyl (C=O) groups excluding carboxylic acids is 2. The molecule has 9 heteroatoms. The van der Waals surface area contributed by atoms with Gasteiger partial charge in [0.15, 0.2) is 0 Å². The molecule has 0 aliphatic carbocycles. The Kier molecular flexibility index (Phi) is 5.83. The lowest BCUT2D eigenvalue weighted by molar-refractivity contribution is -0.384. The molecule has 1 amide bonds. The minimum absolute atomic E-state index is 0.0877. The molecule has 2 heterocycles. The number of piperidine rings is 1. The third kappa shape index (κ3) is 4.25. The number of hydrogen-bond acceptors (Lipinski definition) is 7. The minimum Gasteiger partial charge on any atom is -0.465 e. The highest BCUT2D eigenvalue weighted by molar-refractivity contribution is 5.97. The van der Waals surface area contributed by atoms with Crippen LogP contribution in [0.25, 0.3) is 0 Å². The molecule has 0 atom stereocenters. The van der Waals surface area contributed by atoms with Gasteiger partial charge in [-0.25, -0.2) is 9.78 Å². The molecule has 1 aliphatic rings. The zero-order valence-corrected chi connectivity index (χ0v) is 15.3. The maximum atomic E-state index is 12.4. The van der Waals surface area contributed by atoms with Crippen molar-refractivity contribution >= 4 is 29.1 Å². The van der Waals surface area contributed by atoms with Crippen LogP contribution in [0.1, 0.15) is 23.2 Å². The second kappa shape index (κ2) is 8.47. The minimum atomic E-state index is -0.631. The van der Waals surface area contributed by atoms with Gasteiger partial charge in [0.05, 0.1) is 23.3 Å². The number of ether oxygens (including phenoxy) is 1. The quantitative estimate of drug-likeness (QED) is 0.479. The number of nitro benzene ring substituents is 1. The Balaban J connectivity index is 1.70. The van der Waals surface area contributed by atoms with Crippen LogP contribution in [-0.4, -0.2) is 42.0 Å². The summed E-state index contributed by atoms with van der Waals surface area (Å²) in [5, 5.41) is 13.8. The van der Waals surface area contributed by atoms with E-state index in [-0.39, 0.29) is 23.1 Å². The molecule has 1 N–H and O–H groups in total. The van der Waals surface area contributed by atoms with Crippen LogP contribution in [0.5, 0.6) is 0 Å². The summed E-state index contributed by atoms with van der Waals surface area (Å²) in [5.41, 5.74) is 0.544. The number of nitrogens with zero attached hydrogens (tertiary/aromatic N) is 3. The number of aromatic nitrogens is 1. The van der Waals surface area contributed by atoms with Gasteiger partial charge in [-0.15, -0.1) is 0 Å². The number of hydrogen-bond donors (Lipinski definition) is 1. The fraction of sp³-hybridized carbons (Fsp3) is 0.316. The van der Waals surface area contributed by atoms with Gasteiger partial charge in [0, 0.05) is 37.3 Å². The molecule has 0 saturated carbocycles. The standard InChI is InChI=1S/C19H20N4O5/c1-28-19(25)15-12-14(23(26)27)5-6-16(15)22-10-7-13(8-11-22)18(24)21-17-4-2-3-9-20-17/h2-6,9,12-13H,7-8,10-11H2,1H3,(H,20,21,24). The zero-order chi connectivity index (χ0) is 20.1. The van der Waals surface area contributed by atoms with Crippen LogP contribution in [0.2, 0.25) is 0 Å². The molecule has 1 aromatic heterocycles. The Morgan fingerprint density at radius 3 is 2.61 bits per heavy atom. The molecule has 0 radical (unpaired) electrons. The second-order valence-corrected chi connectivity index (χ2v) is 6.42. The van der Waals surface area contributed by atoms with Crippen molar-refractivity contribution in [1.29, 1.82) is 0 Å². The van der Waals surface area contributed by atoms with E-state index in [1.807, 2.05) is 4.90 Å². The molecule has 1 saturated heterocycles. The summed E-state index contributed by atoms with van der Waals surface area (Å²) in [6, 6.07) is 9.44. The number of methoxy groups -OCH3 is 1. The van der Waals surface area contributed by atoms with Gasteiger partial charge in [-0.05, 0) is 31.0 Å². The number of nitrogens with one attached hydrogen (secondary N) is 1. The predicted molar refractivity (Wildman–Crippen MR) is 102 cm³/mol. The molecule has 0 spiro atoms. The Bertz CT molecular complexity index is 879. The van der Waals surface area contributed by atoms with E-state index >= 15 is 0 Å². The SMILES string of the molecule is COC(=O)c1cc([N+](=O)[O-])ccc1N1CCC(C(=O)Nc2ccccn2)CC1. The number of non-ortho nitro benzene ring substituents is 1. The van der Waals surface area contributed by atoms with E-state index < -0.39 is 10.9 Å². The lowest BCUT2D eigenvalue weighted by Gasteiger charge is -2.33. The summed E-state index contributed by atoms with van der Waals surface area (Å²) in [6.07, 6.45) is 2.80. The summed E-state index contributed by atoms with van der Waals surface area (Å²) >= 11 is 0. The Hall–Kier alpha value is -3.49. The highest BCUT2D eigenvalue weighted by atomic mass is 16.6. The Labute approximate surface area is 161 Å². The fourth-order valence-corrected chi connectivity index (χ4v) is 3.23. The third-order valence-corrected chi connectivity index (χ3v) is 4.72. The van der Waals surface area contributed by atoms with Crippen molar-refractivity contribution in [1.82, 2.24) is 4.98 Å². The highest BCUT2D eigenvalue weighted by Gasteiger charge is 2.28. The molecule has 3 rings (SSSR count). The monoisotopic (exact) mass is 384 g/mol. The van der Waals surface area contributed by atoms with Gasteiger partial charge in [-0.1, -0.05) is 6.07 Å². The van der Waals surface area contributed by atoms with E-state index in [1.165, 1.54) is 19.2 Å². The van der Waals surface area contributed by atoms with E-state index in [2.05, 4.69) is 10.3 Å². The maximum Gasteiger partial charge on any atom is 0.340 e. The number of pyridine rings is 1. The van der Waals surface area contributed by atoms with Gasteiger partial charge < -0.3 is 15.0 Å². The van der Waals surface area contributed by atoms with Gasteiger partial charge in [-0.3, -0.25) is 14.9 Å². The van der Waals surface area contributed by atoms with Crippen molar-refractivity contribution in [2.24, 2.45) is 5.92 Å². The normalized spacial score (nSPS) is 14.4. The maximum absolute atomic E-state index is 12.4. The number of anilines is 2. The summed E-state index contributed by atoms with van der Waals surface area (Å²) < 4.78 is 4.77. The van der Waals surface area contributed by atoms with Crippen LogP contribution in [0, 0.1) is 16.0 Å². The topological polar surface area (TPSA) is 115 Å². The third-order valence-electron chi connectivity index (χ3n) is 4.72. The van der Waals surface area contributed by atoms with Gasteiger partial charge in [0.2, 0.25) is 5.91 Å². The van der Waals surface area contributed by atoms with Gasteiger partial charge >= 0.3 is 5.97 Å². The van der Waals surface area contributed by atoms with Crippen LogP contribution in [0.3, 0.4) is 0 Å². The zero-order valence-electron chi connectivity index (χ0n) is 15.3. The van der Waals surface area contributed by atoms with E-state index in [9.17, 15) is 19.7 Å². The van der Waals surface area contributed by atoms with E-state index in [1.54, 1.807) is 30.5 Å². The highest BCUT2D eigenvalue weighted by Crippen LogP contribution is 2.30. The van der Waals surface area contributed by atoms with Crippen LogP contribution in [0.4, 0.5) is 17.2 Å². The lowest BCUT2D eigenvalue weighted by Crippen LogP contribution is -2.39. The number of nitro groups is 1. The molecule has 9 nitrogen and oxygen atoms in total. The number of amides is 1. The van der Waals surface area contributed by atoms with E-state index in [0.29, 0.717) is 37.4 Å². The summed E-state index contributed by atoms with van der Waals surface area (Å²) in [4.78, 5) is 41.0. The molecule has 28 heavy (non-hydrogen) atoms. The van der Waals surface area contributed by atoms with Crippen molar-refractivity contribution < 1.29 is 19.2 Å². The smallest absolute Gasteiger partial charge is 0.340 e. The Morgan fingerprint density at radius 1 is 1.25 bits per heavy atom. The molecular formula is C19H20N4O5.